The zero-order valence-corrected chi connectivity index (χ0v) is 49.8. The second kappa shape index (κ2) is 63.4. The summed E-state index contributed by atoms with van der Waals surface area (Å²) in [6.45, 7) is 6.54. The Bertz CT molecular complexity index is 1390. The Morgan fingerprint density at radius 1 is 0.280 bits per heavy atom. The normalized spacial score (nSPS) is 12.5. The lowest BCUT2D eigenvalue weighted by atomic mass is 10.0. The van der Waals surface area contributed by atoms with Crippen molar-refractivity contribution < 1.29 is 28.6 Å². The summed E-state index contributed by atoms with van der Waals surface area (Å²) in [5.74, 6) is -0.857. The van der Waals surface area contributed by atoms with Crippen molar-refractivity contribution in [1.82, 2.24) is 0 Å². The highest BCUT2D eigenvalue weighted by Gasteiger charge is 2.19. The van der Waals surface area contributed by atoms with Gasteiger partial charge in [-0.25, -0.2) is 0 Å². The first-order chi connectivity index (χ1) is 37.0. The molecule has 0 rings (SSSR count). The summed E-state index contributed by atoms with van der Waals surface area (Å²) in [7, 11) is 0. The molecule has 0 amide bonds. The number of carbonyl (C=O) groups excluding carboxylic acids is 3. The number of esters is 3. The maximum absolute atomic E-state index is 12.8. The van der Waals surface area contributed by atoms with Crippen LogP contribution in [0.3, 0.4) is 0 Å². The average Bonchev–Trinajstić information content (AvgIpc) is 3.41. The third-order valence-corrected chi connectivity index (χ3v) is 14.2. The van der Waals surface area contributed by atoms with Gasteiger partial charge in [-0.1, -0.05) is 312 Å². The molecule has 6 heteroatoms. The van der Waals surface area contributed by atoms with E-state index in [-0.39, 0.29) is 31.1 Å². The predicted octanol–water partition coefficient (Wildman–Crippen LogP) is 22.1. The molecule has 0 aliphatic heterocycles. The fourth-order valence-electron chi connectivity index (χ4n) is 9.39. The third kappa shape index (κ3) is 61.6. The molecule has 0 aliphatic rings. The van der Waals surface area contributed by atoms with Crippen LogP contribution in [-0.2, 0) is 28.6 Å². The van der Waals surface area contributed by atoms with E-state index >= 15 is 0 Å². The molecule has 0 aliphatic carbocycles. The SMILES string of the molecule is CC/C=C\C/C=C\C/C=C\C/C=C\C/C=C\C/C=C\CCCCCCCCCCCCCCCCC(=O)OCC(COC(=O)CCCCCCCCCC)OC(=O)CCCCCCCCCCCCCCCCCC. The zero-order valence-electron chi connectivity index (χ0n) is 49.8. The molecule has 0 radical (unpaired) electrons. The molecule has 75 heavy (non-hydrogen) atoms. The summed E-state index contributed by atoms with van der Waals surface area (Å²) in [5.41, 5.74) is 0. The van der Waals surface area contributed by atoms with Gasteiger partial charge in [-0.15, -0.1) is 0 Å². The minimum absolute atomic E-state index is 0.0693. The van der Waals surface area contributed by atoms with Gasteiger partial charge >= 0.3 is 17.9 Å². The van der Waals surface area contributed by atoms with Gasteiger partial charge < -0.3 is 14.2 Å². The lowest BCUT2D eigenvalue weighted by Gasteiger charge is -2.18. The van der Waals surface area contributed by atoms with Crippen LogP contribution in [0.2, 0.25) is 0 Å². The van der Waals surface area contributed by atoms with Gasteiger partial charge in [0.05, 0.1) is 0 Å². The van der Waals surface area contributed by atoms with Gasteiger partial charge in [0, 0.05) is 19.3 Å². The number of unbranched alkanes of at least 4 members (excludes halogenated alkanes) is 36. The summed E-state index contributed by atoms with van der Waals surface area (Å²) in [4.78, 5) is 38.1. The van der Waals surface area contributed by atoms with Gasteiger partial charge in [-0.2, -0.15) is 0 Å². The van der Waals surface area contributed by atoms with Crippen LogP contribution < -0.4 is 0 Å². The molecule has 1 unspecified atom stereocenters. The minimum atomic E-state index is -0.769. The standard InChI is InChI=1S/C69H122O6/c1-4-7-10-13-16-19-21-23-25-27-28-29-30-31-32-33-34-35-36-37-38-39-40-41-42-43-45-46-48-50-53-56-59-62-68(71)74-65-66(64-73-67(70)61-58-55-52-18-15-12-9-6-3)75-69(72)63-60-57-54-51-49-47-44-26-24-22-20-17-14-11-8-5-2/h7,10,16,19,23,25,28-29,31-32,34-35,66H,4-6,8-9,11-15,17-18,20-22,24,26-27,30,33,36-65H2,1-3H3/b10-7-,19-16-,25-23-,29-28-,32-31-,35-34-. The van der Waals surface area contributed by atoms with E-state index in [1.165, 1.54) is 193 Å². The molecule has 0 aromatic carbocycles. The van der Waals surface area contributed by atoms with Crippen molar-refractivity contribution in [2.75, 3.05) is 13.2 Å². The van der Waals surface area contributed by atoms with Crippen LogP contribution in [0, 0.1) is 0 Å². The second-order valence-corrected chi connectivity index (χ2v) is 21.7. The molecule has 0 aromatic rings. The lowest BCUT2D eigenvalue weighted by molar-refractivity contribution is -0.167. The molecule has 0 saturated heterocycles. The third-order valence-electron chi connectivity index (χ3n) is 14.2. The van der Waals surface area contributed by atoms with Crippen molar-refractivity contribution in [3.8, 4) is 0 Å². The van der Waals surface area contributed by atoms with Crippen molar-refractivity contribution in [3.63, 3.8) is 0 Å². The molecule has 0 bridgehead atoms. The van der Waals surface area contributed by atoms with E-state index < -0.39 is 6.10 Å². The Morgan fingerprint density at radius 3 is 0.813 bits per heavy atom. The molecule has 0 aromatic heterocycles. The van der Waals surface area contributed by atoms with Gasteiger partial charge in [-0.05, 0) is 70.6 Å². The highest BCUT2D eigenvalue weighted by Crippen LogP contribution is 2.17. The lowest BCUT2D eigenvalue weighted by Crippen LogP contribution is -2.30. The first-order valence-electron chi connectivity index (χ1n) is 32.4. The van der Waals surface area contributed by atoms with Crippen molar-refractivity contribution in [2.24, 2.45) is 0 Å². The highest BCUT2D eigenvalue weighted by molar-refractivity contribution is 5.71. The van der Waals surface area contributed by atoms with Crippen LogP contribution >= 0.6 is 0 Å². The molecule has 0 N–H and O–H groups in total. The van der Waals surface area contributed by atoms with Crippen LogP contribution in [-0.4, -0.2) is 37.2 Å². The van der Waals surface area contributed by atoms with Gasteiger partial charge in [0.15, 0.2) is 6.10 Å². The first-order valence-corrected chi connectivity index (χ1v) is 32.4. The molecular formula is C69H122O6. The smallest absolute Gasteiger partial charge is 0.306 e. The van der Waals surface area contributed by atoms with Crippen molar-refractivity contribution in [2.45, 2.75) is 335 Å². The van der Waals surface area contributed by atoms with E-state index in [0.717, 1.165) is 96.3 Å². The van der Waals surface area contributed by atoms with Crippen LogP contribution in [0.1, 0.15) is 329 Å². The Kier molecular flexibility index (Phi) is 60.7. The molecular weight excluding hydrogens is 925 g/mol. The Morgan fingerprint density at radius 2 is 0.520 bits per heavy atom. The number of allylic oxidation sites excluding steroid dienone is 12. The van der Waals surface area contributed by atoms with Crippen molar-refractivity contribution in [3.05, 3.63) is 72.9 Å². The van der Waals surface area contributed by atoms with Gasteiger partial charge in [0.1, 0.15) is 13.2 Å². The van der Waals surface area contributed by atoms with E-state index in [1.807, 2.05) is 0 Å². The number of hydrogen-bond acceptors (Lipinski definition) is 6. The summed E-state index contributed by atoms with van der Waals surface area (Å²) >= 11 is 0. The summed E-state index contributed by atoms with van der Waals surface area (Å²) in [6.07, 6.45) is 82.2. The maximum atomic E-state index is 12.8. The Hall–Kier alpha value is -3.15. The van der Waals surface area contributed by atoms with E-state index in [2.05, 4.69) is 93.7 Å². The molecule has 0 saturated carbocycles. The monoisotopic (exact) mass is 1050 g/mol. The molecule has 6 nitrogen and oxygen atoms in total. The van der Waals surface area contributed by atoms with E-state index in [0.29, 0.717) is 19.3 Å². The summed E-state index contributed by atoms with van der Waals surface area (Å²) in [6, 6.07) is 0. The predicted molar refractivity (Wildman–Crippen MR) is 325 cm³/mol. The Labute approximate surface area is 465 Å². The molecule has 434 valence electrons. The van der Waals surface area contributed by atoms with Crippen LogP contribution in [0.5, 0.6) is 0 Å². The maximum Gasteiger partial charge on any atom is 0.306 e. The molecule has 1 atom stereocenters. The number of ether oxygens (including phenoxy) is 3. The van der Waals surface area contributed by atoms with Gasteiger partial charge in [-0.3, -0.25) is 14.4 Å². The van der Waals surface area contributed by atoms with Crippen molar-refractivity contribution >= 4 is 17.9 Å². The fraction of sp³-hybridized carbons (Fsp3) is 0.783. The molecule has 0 heterocycles. The summed E-state index contributed by atoms with van der Waals surface area (Å²) in [5, 5.41) is 0. The van der Waals surface area contributed by atoms with Crippen molar-refractivity contribution in [1.29, 1.82) is 0 Å². The fourth-order valence-corrected chi connectivity index (χ4v) is 9.39. The second-order valence-electron chi connectivity index (χ2n) is 21.7. The molecule has 0 fully saturated rings. The van der Waals surface area contributed by atoms with Crippen LogP contribution in [0.25, 0.3) is 0 Å². The highest BCUT2D eigenvalue weighted by atomic mass is 16.6. The topological polar surface area (TPSA) is 78.9 Å². The van der Waals surface area contributed by atoms with Crippen LogP contribution in [0.15, 0.2) is 72.9 Å². The van der Waals surface area contributed by atoms with Gasteiger partial charge in [0.2, 0.25) is 0 Å². The quantitative estimate of drug-likeness (QED) is 0.0261. The minimum Gasteiger partial charge on any atom is -0.462 e. The largest absolute Gasteiger partial charge is 0.462 e. The molecule has 0 spiro atoms. The van der Waals surface area contributed by atoms with Crippen LogP contribution in [0.4, 0.5) is 0 Å². The number of rotatable bonds is 59. The van der Waals surface area contributed by atoms with Gasteiger partial charge in [0.25, 0.3) is 0 Å². The Balaban J connectivity index is 4.06. The zero-order chi connectivity index (χ0) is 54.3. The van der Waals surface area contributed by atoms with E-state index in [1.54, 1.807) is 0 Å². The van der Waals surface area contributed by atoms with E-state index in [4.69, 9.17) is 14.2 Å². The summed E-state index contributed by atoms with van der Waals surface area (Å²) < 4.78 is 16.9. The number of hydrogen-bond donors (Lipinski definition) is 0. The number of carbonyl (C=O) groups is 3. The van der Waals surface area contributed by atoms with E-state index in [9.17, 15) is 14.4 Å². The first kappa shape index (κ1) is 71.8. The average molecular weight is 1050 g/mol.